The molecule has 0 saturated heterocycles. The summed E-state index contributed by atoms with van der Waals surface area (Å²) in [7, 11) is 0. The Balaban J connectivity index is 2.11. The van der Waals surface area contributed by atoms with Gasteiger partial charge >= 0.3 is 0 Å². The molecule has 0 aliphatic heterocycles. The number of aliphatic hydroxyl groups excluding tert-OH is 1. The van der Waals surface area contributed by atoms with Gasteiger partial charge in [0.1, 0.15) is 5.82 Å². The fraction of sp³-hybridized carbons (Fsp3) is 0.167. The summed E-state index contributed by atoms with van der Waals surface area (Å²) in [6.07, 6.45) is 2.50. The SMILES string of the molecule is Cc1ccnc(NC(O)c2ccccn2)c1. The van der Waals surface area contributed by atoms with Gasteiger partial charge in [-0.3, -0.25) is 4.98 Å². The third kappa shape index (κ3) is 2.55. The highest BCUT2D eigenvalue weighted by Crippen LogP contribution is 2.13. The molecule has 0 bridgehead atoms. The highest BCUT2D eigenvalue weighted by molar-refractivity contribution is 5.38. The van der Waals surface area contributed by atoms with E-state index in [1.165, 1.54) is 0 Å². The Morgan fingerprint density at radius 1 is 1.19 bits per heavy atom. The van der Waals surface area contributed by atoms with Gasteiger partial charge in [-0.15, -0.1) is 0 Å². The van der Waals surface area contributed by atoms with Gasteiger partial charge in [-0.1, -0.05) is 6.07 Å². The minimum atomic E-state index is -0.838. The Bertz CT molecular complexity index is 459. The average molecular weight is 215 g/mol. The zero-order valence-electron chi connectivity index (χ0n) is 8.96. The van der Waals surface area contributed by atoms with Crippen molar-refractivity contribution in [3.05, 3.63) is 54.0 Å². The summed E-state index contributed by atoms with van der Waals surface area (Å²) in [6.45, 7) is 1.97. The molecule has 0 radical (unpaired) electrons. The number of nitrogens with zero attached hydrogens (tertiary/aromatic N) is 2. The van der Waals surface area contributed by atoms with Crippen LogP contribution in [0.25, 0.3) is 0 Å². The summed E-state index contributed by atoms with van der Waals surface area (Å²) >= 11 is 0. The second-order valence-corrected chi connectivity index (χ2v) is 3.52. The van der Waals surface area contributed by atoms with E-state index in [-0.39, 0.29) is 0 Å². The predicted molar refractivity (Wildman–Crippen MR) is 61.8 cm³/mol. The highest BCUT2D eigenvalue weighted by Gasteiger charge is 2.07. The van der Waals surface area contributed by atoms with Gasteiger partial charge in [0.15, 0.2) is 6.23 Å². The summed E-state index contributed by atoms with van der Waals surface area (Å²) < 4.78 is 0. The van der Waals surface area contributed by atoms with Crippen LogP contribution < -0.4 is 5.32 Å². The quantitative estimate of drug-likeness (QED) is 0.768. The number of nitrogens with one attached hydrogen (secondary N) is 1. The standard InChI is InChI=1S/C12H13N3O/c1-9-5-7-14-11(8-9)15-12(16)10-4-2-3-6-13-10/h2-8,12,16H,1H3,(H,14,15). The number of rotatable bonds is 3. The Hall–Kier alpha value is -1.94. The molecule has 16 heavy (non-hydrogen) atoms. The Kier molecular flexibility index (Phi) is 3.12. The van der Waals surface area contributed by atoms with Crippen molar-refractivity contribution in [2.45, 2.75) is 13.2 Å². The van der Waals surface area contributed by atoms with Crippen molar-refractivity contribution >= 4 is 5.82 Å². The van der Waals surface area contributed by atoms with Crippen molar-refractivity contribution in [1.82, 2.24) is 9.97 Å². The van der Waals surface area contributed by atoms with Crippen LogP contribution in [0.5, 0.6) is 0 Å². The molecule has 82 valence electrons. The number of anilines is 1. The average Bonchev–Trinajstić information content (AvgIpc) is 2.30. The monoisotopic (exact) mass is 215 g/mol. The van der Waals surface area contributed by atoms with Gasteiger partial charge in [-0.25, -0.2) is 4.98 Å². The van der Waals surface area contributed by atoms with E-state index in [4.69, 9.17) is 0 Å². The van der Waals surface area contributed by atoms with E-state index in [2.05, 4.69) is 15.3 Å². The molecule has 0 spiro atoms. The van der Waals surface area contributed by atoms with Gasteiger partial charge in [0.05, 0.1) is 5.69 Å². The van der Waals surface area contributed by atoms with Crippen LogP contribution in [-0.4, -0.2) is 15.1 Å². The smallest absolute Gasteiger partial charge is 0.169 e. The summed E-state index contributed by atoms with van der Waals surface area (Å²) in [5.74, 6) is 0.637. The van der Waals surface area contributed by atoms with Crippen molar-refractivity contribution in [1.29, 1.82) is 0 Å². The molecular formula is C12H13N3O. The van der Waals surface area contributed by atoms with E-state index < -0.39 is 6.23 Å². The number of aliphatic hydroxyl groups is 1. The zero-order valence-corrected chi connectivity index (χ0v) is 8.96. The lowest BCUT2D eigenvalue weighted by molar-refractivity contribution is 0.203. The van der Waals surface area contributed by atoms with E-state index in [1.807, 2.05) is 25.1 Å². The molecule has 0 aliphatic carbocycles. The first-order valence-corrected chi connectivity index (χ1v) is 5.04. The fourth-order valence-electron chi connectivity index (χ4n) is 1.37. The molecule has 2 aromatic rings. The van der Waals surface area contributed by atoms with Gasteiger partial charge in [-0.2, -0.15) is 0 Å². The lowest BCUT2D eigenvalue weighted by Gasteiger charge is -2.12. The second-order valence-electron chi connectivity index (χ2n) is 3.52. The molecule has 1 unspecified atom stereocenters. The van der Waals surface area contributed by atoms with Crippen LogP contribution in [0.3, 0.4) is 0 Å². The number of aryl methyl sites for hydroxylation is 1. The van der Waals surface area contributed by atoms with Crippen molar-refractivity contribution in [3.63, 3.8) is 0 Å². The Morgan fingerprint density at radius 2 is 2.06 bits per heavy atom. The van der Waals surface area contributed by atoms with E-state index in [9.17, 15) is 5.11 Å². The van der Waals surface area contributed by atoms with Crippen LogP contribution in [0.2, 0.25) is 0 Å². The maximum Gasteiger partial charge on any atom is 0.169 e. The first kappa shape index (κ1) is 10.6. The van der Waals surface area contributed by atoms with Gasteiger partial charge < -0.3 is 10.4 Å². The second kappa shape index (κ2) is 4.72. The molecule has 4 heteroatoms. The molecule has 0 saturated carbocycles. The van der Waals surface area contributed by atoms with E-state index in [1.54, 1.807) is 24.5 Å². The number of aromatic nitrogens is 2. The van der Waals surface area contributed by atoms with Crippen LogP contribution in [0.4, 0.5) is 5.82 Å². The lowest BCUT2D eigenvalue weighted by Crippen LogP contribution is -2.12. The third-order valence-electron chi connectivity index (χ3n) is 2.17. The molecular weight excluding hydrogens is 202 g/mol. The van der Waals surface area contributed by atoms with Crippen molar-refractivity contribution in [3.8, 4) is 0 Å². The maximum atomic E-state index is 9.85. The molecule has 0 amide bonds. The summed E-state index contributed by atoms with van der Waals surface area (Å²) in [6, 6.07) is 9.16. The van der Waals surface area contributed by atoms with Crippen molar-refractivity contribution in [2.24, 2.45) is 0 Å². The van der Waals surface area contributed by atoms with Crippen molar-refractivity contribution in [2.75, 3.05) is 5.32 Å². The minimum absolute atomic E-state index is 0.575. The first-order valence-electron chi connectivity index (χ1n) is 5.04. The maximum absolute atomic E-state index is 9.85. The Morgan fingerprint density at radius 3 is 2.75 bits per heavy atom. The van der Waals surface area contributed by atoms with Crippen LogP contribution in [-0.2, 0) is 0 Å². The van der Waals surface area contributed by atoms with Crippen LogP contribution >= 0.6 is 0 Å². The summed E-state index contributed by atoms with van der Waals surface area (Å²) in [4.78, 5) is 8.16. The molecule has 2 N–H and O–H groups in total. The first-order chi connectivity index (χ1) is 7.75. The predicted octanol–water partition coefficient (Wildman–Crippen LogP) is 1.89. The fourth-order valence-corrected chi connectivity index (χ4v) is 1.37. The molecule has 0 aromatic carbocycles. The molecule has 2 rings (SSSR count). The minimum Gasteiger partial charge on any atom is -0.368 e. The molecule has 0 fully saturated rings. The third-order valence-corrected chi connectivity index (χ3v) is 2.17. The molecule has 2 aromatic heterocycles. The van der Waals surface area contributed by atoms with Crippen LogP contribution in [0.1, 0.15) is 17.5 Å². The molecule has 4 nitrogen and oxygen atoms in total. The molecule has 2 heterocycles. The number of pyridine rings is 2. The van der Waals surface area contributed by atoms with Gasteiger partial charge in [0, 0.05) is 12.4 Å². The van der Waals surface area contributed by atoms with Gasteiger partial charge in [0.25, 0.3) is 0 Å². The largest absolute Gasteiger partial charge is 0.368 e. The normalized spacial score (nSPS) is 12.1. The number of hydrogen-bond acceptors (Lipinski definition) is 4. The topological polar surface area (TPSA) is 58.0 Å². The molecule has 0 aliphatic rings. The van der Waals surface area contributed by atoms with E-state index in [0.717, 1.165) is 5.56 Å². The number of hydrogen-bond donors (Lipinski definition) is 2. The zero-order chi connectivity index (χ0) is 11.4. The summed E-state index contributed by atoms with van der Waals surface area (Å²) in [5.41, 5.74) is 1.66. The van der Waals surface area contributed by atoms with Crippen molar-refractivity contribution < 1.29 is 5.11 Å². The van der Waals surface area contributed by atoms with Gasteiger partial charge in [-0.05, 0) is 36.8 Å². The lowest BCUT2D eigenvalue weighted by atomic mass is 10.3. The van der Waals surface area contributed by atoms with E-state index >= 15 is 0 Å². The van der Waals surface area contributed by atoms with Crippen LogP contribution in [0.15, 0.2) is 42.7 Å². The van der Waals surface area contributed by atoms with E-state index in [0.29, 0.717) is 11.5 Å². The Labute approximate surface area is 94.0 Å². The molecule has 1 atom stereocenters. The summed E-state index contributed by atoms with van der Waals surface area (Å²) in [5, 5.41) is 12.7. The van der Waals surface area contributed by atoms with Gasteiger partial charge in [0.2, 0.25) is 0 Å². The highest BCUT2D eigenvalue weighted by atomic mass is 16.3. The van der Waals surface area contributed by atoms with Crippen LogP contribution in [0, 0.1) is 6.92 Å².